The molecule has 3 nitrogen and oxygen atoms in total. The topological polar surface area (TPSA) is 15.7 Å². The minimum absolute atomic E-state index is 0.716. The van der Waals surface area contributed by atoms with Gasteiger partial charge in [-0.05, 0) is 31.5 Å². The zero-order chi connectivity index (χ0) is 13.1. The van der Waals surface area contributed by atoms with Crippen molar-refractivity contribution < 1.29 is 4.74 Å². The molecule has 19 heavy (non-hydrogen) atoms. The molecule has 2 saturated heterocycles. The summed E-state index contributed by atoms with van der Waals surface area (Å²) in [5.41, 5.74) is 0. The van der Waals surface area contributed by atoms with E-state index < -0.39 is 0 Å². The van der Waals surface area contributed by atoms with Crippen LogP contribution in [0.2, 0.25) is 4.34 Å². The maximum atomic E-state index is 6.01. The number of nitrogens with zero attached hydrogens (tertiary/aromatic N) is 2. The van der Waals surface area contributed by atoms with Crippen molar-refractivity contribution in [1.29, 1.82) is 0 Å². The number of hydrogen-bond donors (Lipinski definition) is 0. The number of likely N-dealkylation sites (tertiary alicyclic amines) is 1. The van der Waals surface area contributed by atoms with Crippen molar-refractivity contribution in [2.75, 3.05) is 39.4 Å². The van der Waals surface area contributed by atoms with Crippen LogP contribution >= 0.6 is 22.9 Å². The number of piperidine rings is 1. The van der Waals surface area contributed by atoms with Gasteiger partial charge in [0, 0.05) is 37.1 Å². The number of thiophene rings is 1. The van der Waals surface area contributed by atoms with E-state index >= 15 is 0 Å². The number of morpholine rings is 1. The van der Waals surface area contributed by atoms with E-state index in [9.17, 15) is 0 Å². The second kappa shape index (κ2) is 6.55. The number of ether oxygens (including phenoxy) is 1. The van der Waals surface area contributed by atoms with Gasteiger partial charge in [-0.25, -0.2) is 0 Å². The number of hydrogen-bond acceptors (Lipinski definition) is 4. The van der Waals surface area contributed by atoms with Gasteiger partial charge in [-0.1, -0.05) is 11.6 Å². The van der Waals surface area contributed by atoms with Gasteiger partial charge in [-0.2, -0.15) is 0 Å². The highest BCUT2D eigenvalue weighted by Gasteiger charge is 2.26. The quantitative estimate of drug-likeness (QED) is 0.853. The van der Waals surface area contributed by atoms with Gasteiger partial charge in [-0.15, -0.1) is 11.3 Å². The third-order valence-electron chi connectivity index (χ3n) is 4.05. The van der Waals surface area contributed by atoms with Gasteiger partial charge in [0.25, 0.3) is 0 Å². The summed E-state index contributed by atoms with van der Waals surface area (Å²) in [6, 6.07) is 4.88. The molecule has 0 aromatic carbocycles. The summed E-state index contributed by atoms with van der Waals surface area (Å²) in [5, 5.41) is 0. The summed E-state index contributed by atoms with van der Waals surface area (Å²) in [7, 11) is 0. The van der Waals surface area contributed by atoms with E-state index in [2.05, 4.69) is 15.9 Å². The molecule has 0 spiro atoms. The highest BCUT2D eigenvalue weighted by molar-refractivity contribution is 7.16. The van der Waals surface area contributed by atoms with Crippen molar-refractivity contribution in [3.8, 4) is 0 Å². The summed E-state index contributed by atoms with van der Waals surface area (Å²) in [6.45, 7) is 7.46. The van der Waals surface area contributed by atoms with Crippen LogP contribution in [-0.2, 0) is 11.3 Å². The SMILES string of the molecule is Clc1ccc(CN2CCCC(N3CCOCC3)C2)s1. The fourth-order valence-corrected chi connectivity index (χ4v) is 4.20. The van der Waals surface area contributed by atoms with Crippen LogP contribution in [0.4, 0.5) is 0 Å². The molecule has 2 aliphatic rings. The Morgan fingerprint density at radius 1 is 1.26 bits per heavy atom. The number of halogens is 1. The maximum Gasteiger partial charge on any atom is 0.0931 e. The molecule has 1 atom stereocenters. The molecule has 0 bridgehead atoms. The van der Waals surface area contributed by atoms with E-state index in [4.69, 9.17) is 16.3 Å². The van der Waals surface area contributed by atoms with E-state index in [1.165, 1.54) is 30.8 Å². The van der Waals surface area contributed by atoms with Crippen molar-refractivity contribution in [2.24, 2.45) is 0 Å². The third-order valence-corrected chi connectivity index (χ3v) is 5.27. The maximum absolute atomic E-state index is 6.01. The Kier molecular flexibility index (Phi) is 4.77. The monoisotopic (exact) mass is 300 g/mol. The van der Waals surface area contributed by atoms with Crippen molar-refractivity contribution in [3.05, 3.63) is 21.3 Å². The molecule has 1 unspecified atom stereocenters. The summed E-state index contributed by atoms with van der Waals surface area (Å²) in [6.07, 6.45) is 2.64. The lowest BCUT2D eigenvalue weighted by atomic mass is 10.0. The Bertz CT molecular complexity index is 406. The Labute approximate surface area is 124 Å². The molecule has 106 valence electrons. The predicted molar refractivity (Wildman–Crippen MR) is 80.0 cm³/mol. The number of rotatable bonds is 3. The van der Waals surface area contributed by atoms with Crippen LogP contribution in [0.1, 0.15) is 17.7 Å². The Morgan fingerprint density at radius 3 is 2.84 bits per heavy atom. The average molecular weight is 301 g/mol. The molecule has 1 aromatic rings. The van der Waals surface area contributed by atoms with Crippen LogP contribution in [0.25, 0.3) is 0 Å². The second-order valence-electron chi connectivity index (χ2n) is 5.39. The Balaban J connectivity index is 1.55. The van der Waals surface area contributed by atoms with Crippen LogP contribution in [0.5, 0.6) is 0 Å². The smallest absolute Gasteiger partial charge is 0.0931 e. The molecule has 0 saturated carbocycles. The van der Waals surface area contributed by atoms with Crippen LogP contribution < -0.4 is 0 Å². The summed E-state index contributed by atoms with van der Waals surface area (Å²) in [4.78, 5) is 6.57. The molecule has 1 aromatic heterocycles. The highest BCUT2D eigenvalue weighted by Crippen LogP contribution is 2.25. The lowest BCUT2D eigenvalue weighted by Crippen LogP contribution is -2.51. The molecule has 5 heteroatoms. The van der Waals surface area contributed by atoms with E-state index in [0.717, 1.165) is 37.2 Å². The minimum Gasteiger partial charge on any atom is -0.379 e. The van der Waals surface area contributed by atoms with Crippen molar-refractivity contribution in [1.82, 2.24) is 9.80 Å². The van der Waals surface area contributed by atoms with Gasteiger partial charge in [0.05, 0.1) is 17.6 Å². The molecule has 0 aliphatic carbocycles. The molecule has 3 rings (SSSR count). The van der Waals surface area contributed by atoms with Crippen LogP contribution in [-0.4, -0.2) is 55.2 Å². The molecule has 0 N–H and O–H groups in total. The second-order valence-corrected chi connectivity index (χ2v) is 7.18. The molecule has 2 fully saturated rings. The Morgan fingerprint density at radius 2 is 2.11 bits per heavy atom. The largest absolute Gasteiger partial charge is 0.379 e. The minimum atomic E-state index is 0.716. The zero-order valence-corrected chi connectivity index (χ0v) is 12.8. The lowest BCUT2D eigenvalue weighted by molar-refractivity contribution is -0.00346. The van der Waals surface area contributed by atoms with E-state index in [1.807, 2.05) is 6.07 Å². The van der Waals surface area contributed by atoms with Crippen molar-refractivity contribution >= 4 is 22.9 Å². The first-order chi connectivity index (χ1) is 9.31. The highest BCUT2D eigenvalue weighted by atomic mass is 35.5. The predicted octanol–water partition coefficient (Wildman–Crippen LogP) is 2.70. The molecular weight excluding hydrogens is 280 g/mol. The van der Waals surface area contributed by atoms with Gasteiger partial charge in [0.15, 0.2) is 0 Å². The zero-order valence-electron chi connectivity index (χ0n) is 11.2. The first kappa shape index (κ1) is 13.8. The molecular formula is C14H21ClN2OS. The summed E-state index contributed by atoms with van der Waals surface area (Å²) >= 11 is 7.71. The molecule has 0 radical (unpaired) electrons. The van der Waals surface area contributed by atoms with E-state index in [-0.39, 0.29) is 0 Å². The van der Waals surface area contributed by atoms with Crippen molar-refractivity contribution in [2.45, 2.75) is 25.4 Å². The Hall–Kier alpha value is -0.130. The van der Waals surface area contributed by atoms with Crippen LogP contribution in [0.15, 0.2) is 12.1 Å². The van der Waals surface area contributed by atoms with Gasteiger partial charge in [0.2, 0.25) is 0 Å². The average Bonchev–Trinajstić information content (AvgIpc) is 2.85. The molecule has 3 heterocycles. The van der Waals surface area contributed by atoms with Gasteiger partial charge < -0.3 is 4.74 Å². The van der Waals surface area contributed by atoms with Gasteiger partial charge in [-0.3, -0.25) is 9.80 Å². The first-order valence-electron chi connectivity index (χ1n) is 7.09. The lowest BCUT2D eigenvalue weighted by Gasteiger charge is -2.40. The first-order valence-corrected chi connectivity index (χ1v) is 8.29. The van der Waals surface area contributed by atoms with E-state index in [0.29, 0.717) is 6.04 Å². The van der Waals surface area contributed by atoms with Crippen molar-refractivity contribution in [3.63, 3.8) is 0 Å². The summed E-state index contributed by atoms with van der Waals surface area (Å²) in [5.74, 6) is 0. The molecule has 2 aliphatic heterocycles. The van der Waals surface area contributed by atoms with E-state index in [1.54, 1.807) is 11.3 Å². The fraction of sp³-hybridized carbons (Fsp3) is 0.714. The molecule has 0 amide bonds. The normalized spacial score (nSPS) is 26.7. The van der Waals surface area contributed by atoms with Crippen LogP contribution in [0, 0.1) is 0 Å². The third kappa shape index (κ3) is 3.70. The van der Waals surface area contributed by atoms with Gasteiger partial charge >= 0.3 is 0 Å². The fourth-order valence-electron chi connectivity index (χ4n) is 3.07. The summed E-state index contributed by atoms with van der Waals surface area (Å²) < 4.78 is 6.35. The van der Waals surface area contributed by atoms with Crippen LogP contribution in [0.3, 0.4) is 0 Å². The standard InChI is InChI=1S/C14H21ClN2OS/c15-14-4-3-13(19-14)11-16-5-1-2-12(10-16)17-6-8-18-9-7-17/h3-4,12H,1-2,5-11H2. The van der Waals surface area contributed by atoms with Gasteiger partial charge in [0.1, 0.15) is 0 Å².